The predicted octanol–water partition coefficient (Wildman–Crippen LogP) is 1.22. The molecule has 0 aromatic carbocycles. The van der Waals surface area contributed by atoms with E-state index in [1.165, 1.54) is 0 Å². The molecule has 5 heteroatoms. The zero-order chi connectivity index (χ0) is 11.4. The molecule has 3 N–H and O–H groups in total. The Morgan fingerprint density at radius 3 is 2.41 bits per heavy atom. The number of halogens is 1. The summed E-state index contributed by atoms with van der Waals surface area (Å²) in [6, 6.07) is 0.297. The first kappa shape index (κ1) is 14.7. The lowest BCUT2D eigenvalue weighted by Crippen LogP contribution is -2.49. The Morgan fingerprint density at radius 1 is 1.29 bits per heavy atom. The number of hydrogen-bond donors (Lipinski definition) is 2. The van der Waals surface area contributed by atoms with Gasteiger partial charge in [0.15, 0.2) is 0 Å². The van der Waals surface area contributed by atoms with Crippen LogP contribution in [0.25, 0.3) is 0 Å². The van der Waals surface area contributed by atoms with Crippen molar-refractivity contribution in [3.05, 3.63) is 0 Å². The Labute approximate surface area is 109 Å². The molecule has 0 aromatic heterocycles. The van der Waals surface area contributed by atoms with E-state index in [-0.39, 0.29) is 23.7 Å². The summed E-state index contributed by atoms with van der Waals surface area (Å²) in [7, 11) is 0. The number of ether oxygens (including phenoxy) is 1. The van der Waals surface area contributed by atoms with Crippen molar-refractivity contribution in [2.75, 3.05) is 19.8 Å². The maximum Gasteiger partial charge on any atom is 0.227 e. The molecule has 0 atom stereocenters. The average Bonchev–Trinajstić information content (AvgIpc) is 2.80. The molecule has 0 radical (unpaired) electrons. The summed E-state index contributed by atoms with van der Waals surface area (Å²) in [6.45, 7) is 2.02. The average molecular weight is 263 g/mol. The number of carbonyl (C=O) groups is 1. The summed E-state index contributed by atoms with van der Waals surface area (Å²) in [6.07, 6.45) is 6.06. The van der Waals surface area contributed by atoms with Crippen molar-refractivity contribution in [3.63, 3.8) is 0 Å². The third-order valence-electron chi connectivity index (χ3n) is 3.99. The van der Waals surface area contributed by atoms with Crippen LogP contribution in [0.5, 0.6) is 0 Å². The molecular formula is C12H23ClN2O2. The van der Waals surface area contributed by atoms with Gasteiger partial charge in [-0.2, -0.15) is 0 Å². The zero-order valence-corrected chi connectivity index (χ0v) is 11.1. The number of nitrogens with one attached hydrogen (secondary N) is 1. The molecule has 1 amide bonds. The van der Waals surface area contributed by atoms with E-state index in [9.17, 15) is 4.79 Å². The first-order valence-corrected chi connectivity index (χ1v) is 6.36. The Balaban J connectivity index is 0.00000144. The maximum atomic E-state index is 12.2. The molecule has 0 aromatic rings. The SMILES string of the molecule is Cl.NCC1(C(=O)NC2CCOCC2)CCCC1. The topological polar surface area (TPSA) is 64.4 Å². The number of nitrogens with two attached hydrogens (primary N) is 1. The Bertz CT molecular complexity index is 249. The van der Waals surface area contributed by atoms with E-state index in [2.05, 4.69) is 5.32 Å². The van der Waals surface area contributed by atoms with Crippen LogP contribution in [-0.2, 0) is 9.53 Å². The Kier molecular flexibility index (Phi) is 5.70. The van der Waals surface area contributed by atoms with Crippen LogP contribution >= 0.6 is 12.4 Å². The van der Waals surface area contributed by atoms with Crippen molar-refractivity contribution < 1.29 is 9.53 Å². The van der Waals surface area contributed by atoms with Crippen LogP contribution in [0.1, 0.15) is 38.5 Å². The van der Waals surface area contributed by atoms with E-state index in [4.69, 9.17) is 10.5 Å². The van der Waals surface area contributed by atoms with E-state index in [0.717, 1.165) is 51.7 Å². The minimum atomic E-state index is -0.266. The van der Waals surface area contributed by atoms with Gasteiger partial charge in [0.25, 0.3) is 0 Å². The van der Waals surface area contributed by atoms with Gasteiger partial charge >= 0.3 is 0 Å². The fraction of sp³-hybridized carbons (Fsp3) is 0.917. The van der Waals surface area contributed by atoms with Crippen LogP contribution < -0.4 is 11.1 Å². The third kappa shape index (κ3) is 3.33. The van der Waals surface area contributed by atoms with Crippen molar-refractivity contribution in [1.82, 2.24) is 5.32 Å². The third-order valence-corrected chi connectivity index (χ3v) is 3.99. The highest BCUT2D eigenvalue weighted by Crippen LogP contribution is 2.37. The first-order chi connectivity index (χ1) is 7.77. The minimum absolute atomic E-state index is 0. The van der Waals surface area contributed by atoms with Crippen molar-refractivity contribution in [3.8, 4) is 0 Å². The van der Waals surface area contributed by atoms with Crippen LogP contribution in [0.15, 0.2) is 0 Å². The summed E-state index contributed by atoms with van der Waals surface area (Å²) in [4.78, 5) is 12.2. The number of rotatable bonds is 3. The smallest absolute Gasteiger partial charge is 0.227 e. The van der Waals surface area contributed by atoms with Gasteiger partial charge in [-0.25, -0.2) is 0 Å². The molecule has 0 unspecified atom stereocenters. The fourth-order valence-electron chi connectivity index (χ4n) is 2.76. The Hall–Kier alpha value is -0.320. The molecule has 2 aliphatic rings. The molecule has 100 valence electrons. The second-order valence-electron chi connectivity index (χ2n) is 5.05. The fourth-order valence-corrected chi connectivity index (χ4v) is 2.76. The molecule has 0 spiro atoms. The van der Waals surface area contributed by atoms with Gasteiger partial charge in [-0.15, -0.1) is 12.4 Å². The van der Waals surface area contributed by atoms with Gasteiger partial charge in [0.2, 0.25) is 5.91 Å². The molecular weight excluding hydrogens is 240 g/mol. The number of carbonyl (C=O) groups excluding carboxylic acids is 1. The van der Waals surface area contributed by atoms with E-state index in [0.29, 0.717) is 12.6 Å². The van der Waals surface area contributed by atoms with E-state index in [1.54, 1.807) is 0 Å². The predicted molar refractivity (Wildman–Crippen MR) is 69.2 cm³/mol. The molecule has 2 rings (SSSR count). The normalized spacial score (nSPS) is 24.1. The quantitative estimate of drug-likeness (QED) is 0.804. The van der Waals surface area contributed by atoms with Gasteiger partial charge in [-0.3, -0.25) is 4.79 Å². The molecule has 17 heavy (non-hydrogen) atoms. The highest BCUT2D eigenvalue weighted by molar-refractivity contribution is 5.85. The van der Waals surface area contributed by atoms with Crippen molar-refractivity contribution in [2.45, 2.75) is 44.6 Å². The standard InChI is InChI=1S/C12H22N2O2.ClH/c13-9-12(5-1-2-6-12)11(15)14-10-3-7-16-8-4-10;/h10H,1-9,13H2,(H,14,15);1H. The maximum absolute atomic E-state index is 12.2. The van der Waals surface area contributed by atoms with Crippen molar-refractivity contribution in [2.24, 2.45) is 11.1 Å². The first-order valence-electron chi connectivity index (χ1n) is 6.36. The number of hydrogen-bond acceptors (Lipinski definition) is 3. The zero-order valence-electron chi connectivity index (χ0n) is 10.2. The van der Waals surface area contributed by atoms with Gasteiger partial charge in [-0.1, -0.05) is 12.8 Å². The summed E-state index contributed by atoms with van der Waals surface area (Å²) >= 11 is 0. The molecule has 4 nitrogen and oxygen atoms in total. The minimum Gasteiger partial charge on any atom is -0.381 e. The summed E-state index contributed by atoms with van der Waals surface area (Å²) in [5.41, 5.74) is 5.52. The molecule has 2 fully saturated rings. The van der Waals surface area contributed by atoms with E-state index < -0.39 is 0 Å². The molecule has 1 saturated carbocycles. The molecule has 1 heterocycles. The number of amides is 1. The largest absolute Gasteiger partial charge is 0.381 e. The van der Waals surface area contributed by atoms with Crippen LogP contribution in [0.4, 0.5) is 0 Å². The van der Waals surface area contributed by atoms with Crippen LogP contribution in [0.2, 0.25) is 0 Å². The van der Waals surface area contributed by atoms with Gasteiger partial charge in [0.1, 0.15) is 0 Å². The molecule has 0 bridgehead atoms. The summed E-state index contributed by atoms with van der Waals surface area (Å²) in [5, 5.41) is 3.15. The highest BCUT2D eigenvalue weighted by atomic mass is 35.5. The van der Waals surface area contributed by atoms with Crippen LogP contribution in [0.3, 0.4) is 0 Å². The van der Waals surface area contributed by atoms with Gasteiger partial charge in [0.05, 0.1) is 5.41 Å². The lowest BCUT2D eigenvalue weighted by molar-refractivity contribution is -0.131. The molecule has 1 aliphatic carbocycles. The van der Waals surface area contributed by atoms with Gasteiger partial charge in [0, 0.05) is 25.8 Å². The van der Waals surface area contributed by atoms with E-state index >= 15 is 0 Å². The lowest BCUT2D eigenvalue weighted by Gasteiger charge is -2.30. The highest BCUT2D eigenvalue weighted by Gasteiger charge is 2.40. The lowest BCUT2D eigenvalue weighted by atomic mass is 9.85. The second kappa shape index (κ2) is 6.57. The Morgan fingerprint density at radius 2 is 1.88 bits per heavy atom. The van der Waals surface area contributed by atoms with Gasteiger partial charge < -0.3 is 15.8 Å². The van der Waals surface area contributed by atoms with Crippen molar-refractivity contribution >= 4 is 18.3 Å². The van der Waals surface area contributed by atoms with Gasteiger partial charge in [-0.05, 0) is 25.7 Å². The summed E-state index contributed by atoms with van der Waals surface area (Å²) in [5.74, 6) is 0.180. The summed E-state index contributed by atoms with van der Waals surface area (Å²) < 4.78 is 5.28. The van der Waals surface area contributed by atoms with E-state index in [1.807, 2.05) is 0 Å². The van der Waals surface area contributed by atoms with Crippen LogP contribution in [-0.4, -0.2) is 31.7 Å². The monoisotopic (exact) mass is 262 g/mol. The molecule has 1 aliphatic heterocycles. The second-order valence-corrected chi connectivity index (χ2v) is 5.05. The molecule has 1 saturated heterocycles. The van der Waals surface area contributed by atoms with Crippen molar-refractivity contribution in [1.29, 1.82) is 0 Å². The van der Waals surface area contributed by atoms with Crippen LogP contribution in [0, 0.1) is 5.41 Å².